The van der Waals surface area contributed by atoms with Crippen molar-refractivity contribution in [3.8, 4) is 0 Å². The van der Waals surface area contributed by atoms with Crippen LogP contribution < -0.4 is 5.73 Å². The van der Waals surface area contributed by atoms with Gasteiger partial charge < -0.3 is 5.73 Å². The predicted octanol–water partition coefficient (Wildman–Crippen LogP) is 5.51. The summed E-state index contributed by atoms with van der Waals surface area (Å²) >= 11 is 11.2. The monoisotopic (exact) mass is 357 g/mol. The maximum atomic E-state index is 6.34. The fraction of sp³-hybridized carbons (Fsp3) is 0.333. The van der Waals surface area contributed by atoms with Crippen molar-refractivity contribution in [2.45, 2.75) is 32.2 Å². The molecule has 0 saturated heterocycles. The Labute approximate surface area is 131 Å². The Morgan fingerprint density at radius 3 is 2.42 bits per heavy atom. The summed E-state index contributed by atoms with van der Waals surface area (Å²) in [6, 6.07) is 10.0. The summed E-state index contributed by atoms with van der Waals surface area (Å²) in [7, 11) is 0. The first kappa shape index (κ1) is 15.0. The van der Waals surface area contributed by atoms with E-state index in [4.69, 9.17) is 17.3 Å². The van der Waals surface area contributed by atoms with Gasteiger partial charge in [-0.1, -0.05) is 38.4 Å². The van der Waals surface area contributed by atoms with Gasteiger partial charge in [0.2, 0.25) is 0 Å². The molecule has 2 aromatic rings. The minimum absolute atomic E-state index is 0.102. The third kappa shape index (κ3) is 3.40. The summed E-state index contributed by atoms with van der Waals surface area (Å²) in [5.41, 5.74) is 7.58. The van der Waals surface area contributed by atoms with E-state index in [1.54, 1.807) is 11.3 Å². The van der Waals surface area contributed by atoms with Crippen LogP contribution in [0.2, 0.25) is 5.02 Å². The molecule has 1 aromatic carbocycles. The molecule has 1 unspecified atom stereocenters. The number of hydrogen-bond donors (Lipinski definition) is 1. The molecule has 0 aliphatic heterocycles. The molecule has 1 nitrogen and oxygen atoms in total. The van der Waals surface area contributed by atoms with Crippen LogP contribution in [0, 0.1) is 0 Å². The number of hydrogen-bond acceptors (Lipinski definition) is 2. The van der Waals surface area contributed by atoms with Crippen LogP contribution in [-0.2, 0) is 5.41 Å². The minimum atomic E-state index is -0.102. The molecule has 4 heteroatoms. The van der Waals surface area contributed by atoms with Gasteiger partial charge in [-0.25, -0.2) is 0 Å². The summed E-state index contributed by atoms with van der Waals surface area (Å²) in [4.78, 5) is 2.53. The van der Waals surface area contributed by atoms with Crippen molar-refractivity contribution >= 4 is 38.9 Å². The van der Waals surface area contributed by atoms with Crippen molar-refractivity contribution in [3.63, 3.8) is 0 Å². The molecule has 0 radical (unpaired) electrons. The van der Waals surface area contributed by atoms with Gasteiger partial charge >= 0.3 is 0 Å². The van der Waals surface area contributed by atoms with Crippen LogP contribution in [0.25, 0.3) is 0 Å². The van der Waals surface area contributed by atoms with Crippen LogP contribution in [0.1, 0.15) is 42.1 Å². The van der Waals surface area contributed by atoms with E-state index in [0.717, 1.165) is 10.0 Å². The zero-order valence-electron chi connectivity index (χ0n) is 11.2. The lowest BCUT2D eigenvalue weighted by atomic mass is 9.95. The molecule has 0 aliphatic rings. The fourth-order valence-electron chi connectivity index (χ4n) is 1.79. The van der Waals surface area contributed by atoms with Gasteiger partial charge in [0.25, 0.3) is 0 Å². The van der Waals surface area contributed by atoms with Crippen LogP contribution in [0.4, 0.5) is 0 Å². The van der Waals surface area contributed by atoms with E-state index in [0.29, 0.717) is 5.02 Å². The van der Waals surface area contributed by atoms with Crippen molar-refractivity contribution in [2.24, 2.45) is 5.73 Å². The molecule has 0 bridgehead atoms. The zero-order chi connectivity index (χ0) is 14.2. The van der Waals surface area contributed by atoms with Gasteiger partial charge in [-0.05, 0) is 51.2 Å². The number of halogens is 2. The van der Waals surface area contributed by atoms with Crippen LogP contribution >= 0.6 is 38.9 Å². The Bertz CT molecular complexity index is 586. The Kier molecular flexibility index (Phi) is 4.41. The quantitative estimate of drug-likeness (QED) is 0.752. The summed E-state index contributed by atoms with van der Waals surface area (Å²) in [5, 5.41) is 0.706. The number of rotatable bonds is 2. The number of nitrogens with two attached hydrogens (primary N) is 1. The summed E-state index contributed by atoms with van der Waals surface area (Å²) in [6.07, 6.45) is 0. The van der Waals surface area contributed by atoms with E-state index in [1.165, 1.54) is 9.75 Å². The molecule has 2 N–H and O–H groups in total. The van der Waals surface area contributed by atoms with Gasteiger partial charge in [-0.2, -0.15) is 0 Å². The lowest BCUT2D eigenvalue weighted by molar-refractivity contribution is 0.604. The van der Waals surface area contributed by atoms with E-state index < -0.39 is 0 Å². The zero-order valence-corrected chi connectivity index (χ0v) is 14.4. The second-order valence-corrected chi connectivity index (χ2v) is 7.98. The lowest BCUT2D eigenvalue weighted by Gasteiger charge is -2.16. The molecular formula is C15H17BrClNS. The van der Waals surface area contributed by atoms with Gasteiger partial charge in [-0.15, -0.1) is 11.3 Å². The Hall–Kier alpha value is -0.350. The largest absolute Gasteiger partial charge is 0.320 e. The topological polar surface area (TPSA) is 26.0 Å². The summed E-state index contributed by atoms with van der Waals surface area (Å²) in [5.74, 6) is 0. The number of benzene rings is 1. The van der Waals surface area contributed by atoms with Crippen molar-refractivity contribution in [1.82, 2.24) is 0 Å². The second kappa shape index (κ2) is 5.57. The van der Waals surface area contributed by atoms with E-state index in [9.17, 15) is 0 Å². The van der Waals surface area contributed by atoms with Crippen LogP contribution in [0.5, 0.6) is 0 Å². The first-order valence-corrected chi connectivity index (χ1v) is 8.08. The molecule has 2 rings (SSSR count). The molecule has 0 amide bonds. The molecule has 0 spiro atoms. The van der Waals surface area contributed by atoms with Gasteiger partial charge in [0.15, 0.2) is 0 Å². The highest BCUT2D eigenvalue weighted by Crippen LogP contribution is 2.35. The average molecular weight is 359 g/mol. The first-order valence-electron chi connectivity index (χ1n) is 6.10. The van der Waals surface area contributed by atoms with E-state index in [-0.39, 0.29) is 11.5 Å². The maximum Gasteiger partial charge on any atom is 0.0646 e. The average Bonchev–Trinajstić information content (AvgIpc) is 2.81. The van der Waals surface area contributed by atoms with E-state index >= 15 is 0 Å². The van der Waals surface area contributed by atoms with Gasteiger partial charge in [0.05, 0.1) is 11.1 Å². The second-order valence-electron chi connectivity index (χ2n) is 5.60. The third-order valence-corrected chi connectivity index (χ3v) is 5.78. The van der Waals surface area contributed by atoms with Gasteiger partial charge in [-0.3, -0.25) is 0 Å². The standard InChI is InChI=1S/C15H17BrClNS/c1-15(2,3)13-7-6-12(19-13)14(18)9-4-5-11(17)10(16)8-9/h4-8,14H,18H2,1-3H3. The molecule has 19 heavy (non-hydrogen) atoms. The van der Waals surface area contributed by atoms with E-state index in [2.05, 4.69) is 48.8 Å². The molecular weight excluding hydrogens is 342 g/mol. The smallest absolute Gasteiger partial charge is 0.0646 e. The first-order chi connectivity index (χ1) is 8.79. The molecule has 102 valence electrons. The van der Waals surface area contributed by atoms with E-state index in [1.807, 2.05) is 18.2 Å². The Morgan fingerprint density at radius 2 is 1.89 bits per heavy atom. The van der Waals surface area contributed by atoms with Crippen molar-refractivity contribution in [2.75, 3.05) is 0 Å². The molecule has 0 fully saturated rings. The van der Waals surface area contributed by atoms with Crippen LogP contribution in [-0.4, -0.2) is 0 Å². The molecule has 0 saturated carbocycles. The normalized spacial score (nSPS) is 13.6. The lowest BCUT2D eigenvalue weighted by Crippen LogP contribution is -2.10. The number of thiophene rings is 1. The highest BCUT2D eigenvalue weighted by atomic mass is 79.9. The molecule has 1 heterocycles. The Balaban J connectivity index is 2.31. The maximum absolute atomic E-state index is 6.34. The van der Waals surface area contributed by atoms with Gasteiger partial charge in [0.1, 0.15) is 0 Å². The van der Waals surface area contributed by atoms with Crippen LogP contribution in [0.3, 0.4) is 0 Å². The molecule has 1 aromatic heterocycles. The third-order valence-electron chi connectivity index (χ3n) is 2.98. The van der Waals surface area contributed by atoms with Crippen LogP contribution in [0.15, 0.2) is 34.8 Å². The van der Waals surface area contributed by atoms with Crippen molar-refractivity contribution in [1.29, 1.82) is 0 Å². The van der Waals surface area contributed by atoms with Crippen molar-refractivity contribution < 1.29 is 0 Å². The molecule has 0 aliphatic carbocycles. The fourth-order valence-corrected chi connectivity index (χ4v) is 3.40. The molecule has 1 atom stereocenters. The SMILES string of the molecule is CC(C)(C)c1ccc(C(N)c2ccc(Cl)c(Br)c2)s1. The summed E-state index contributed by atoms with van der Waals surface area (Å²) in [6.45, 7) is 6.65. The highest BCUT2D eigenvalue weighted by Gasteiger charge is 2.19. The highest BCUT2D eigenvalue weighted by molar-refractivity contribution is 9.10. The summed E-state index contributed by atoms with van der Waals surface area (Å²) < 4.78 is 0.884. The van der Waals surface area contributed by atoms with Gasteiger partial charge in [0, 0.05) is 14.2 Å². The predicted molar refractivity (Wildman–Crippen MR) is 88.2 cm³/mol. The minimum Gasteiger partial charge on any atom is -0.320 e. The Morgan fingerprint density at radius 1 is 1.21 bits per heavy atom. The van der Waals surface area contributed by atoms with Crippen molar-refractivity contribution in [3.05, 3.63) is 55.1 Å².